The number of aliphatic imine (C=N–C) groups is 1. The molecule has 0 aliphatic carbocycles. The van der Waals surface area contributed by atoms with Gasteiger partial charge in [-0.3, -0.25) is 9.79 Å². The standard InChI is InChI=1S/C19H16Cl2IN3O3/c1-3-28-17-5-4-12(6-15(17)22)24-10-11(9-23)19(26)25-16-8-18(27-2)14(21)7-13(16)20/h4-8,10-11H,3H2,1-2H3,(H,25,26). The molecule has 9 heteroatoms. The number of hydrogen-bond acceptors (Lipinski definition) is 5. The lowest BCUT2D eigenvalue weighted by atomic mass is 10.1. The molecule has 2 aromatic rings. The summed E-state index contributed by atoms with van der Waals surface area (Å²) in [7, 11) is 1.45. The third kappa shape index (κ3) is 5.74. The van der Waals surface area contributed by atoms with Gasteiger partial charge >= 0.3 is 0 Å². The molecule has 0 spiro atoms. The van der Waals surface area contributed by atoms with Gasteiger partial charge in [-0.15, -0.1) is 0 Å². The number of nitriles is 1. The normalized spacial score (nSPS) is 11.7. The molecular formula is C19H16Cl2IN3O3. The number of anilines is 1. The maximum Gasteiger partial charge on any atom is 0.247 e. The second-order valence-corrected chi connectivity index (χ2v) is 7.37. The average Bonchev–Trinajstić information content (AvgIpc) is 2.66. The Balaban J connectivity index is 2.15. The number of rotatable bonds is 7. The van der Waals surface area contributed by atoms with Crippen molar-refractivity contribution in [2.45, 2.75) is 6.92 Å². The molecule has 1 amide bonds. The van der Waals surface area contributed by atoms with E-state index in [1.54, 1.807) is 18.2 Å². The molecule has 1 N–H and O–H groups in total. The van der Waals surface area contributed by atoms with Gasteiger partial charge in [0.2, 0.25) is 5.91 Å². The number of halogens is 3. The molecule has 0 saturated carbocycles. The van der Waals surface area contributed by atoms with Gasteiger partial charge in [-0.05, 0) is 53.8 Å². The van der Waals surface area contributed by atoms with Crippen LogP contribution in [0.2, 0.25) is 10.0 Å². The quantitative estimate of drug-likeness (QED) is 0.378. The van der Waals surface area contributed by atoms with Crippen molar-refractivity contribution in [1.82, 2.24) is 0 Å². The summed E-state index contributed by atoms with van der Waals surface area (Å²) in [6, 6.07) is 10.2. The highest BCUT2D eigenvalue weighted by atomic mass is 127. The van der Waals surface area contributed by atoms with E-state index in [2.05, 4.69) is 32.9 Å². The molecule has 2 rings (SSSR count). The number of nitrogens with zero attached hydrogens (tertiary/aromatic N) is 2. The number of hydrogen-bond donors (Lipinski definition) is 1. The smallest absolute Gasteiger partial charge is 0.247 e. The van der Waals surface area contributed by atoms with E-state index in [1.165, 1.54) is 25.5 Å². The van der Waals surface area contributed by atoms with Crippen LogP contribution >= 0.6 is 45.8 Å². The van der Waals surface area contributed by atoms with Crippen LogP contribution < -0.4 is 14.8 Å². The Hall–Kier alpha value is -2.02. The number of carbonyl (C=O) groups excluding carboxylic acids is 1. The molecule has 0 fully saturated rings. The van der Waals surface area contributed by atoms with Crippen molar-refractivity contribution in [3.63, 3.8) is 0 Å². The van der Waals surface area contributed by atoms with Crippen LogP contribution in [-0.2, 0) is 4.79 Å². The van der Waals surface area contributed by atoms with Gasteiger partial charge in [-0.1, -0.05) is 23.2 Å². The second-order valence-electron chi connectivity index (χ2n) is 5.39. The molecule has 0 radical (unpaired) electrons. The molecule has 1 unspecified atom stereocenters. The minimum atomic E-state index is -1.11. The third-order valence-corrected chi connectivity index (χ3v) is 4.96. The van der Waals surface area contributed by atoms with Crippen molar-refractivity contribution in [2.75, 3.05) is 19.0 Å². The third-order valence-electron chi connectivity index (χ3n) is 3.51. The Kier molecular flexibility index (Phi) is 8.35. The van der Waals surface area contributed by atoms with Gasteiger partial charge in [0.1, 0.15) is 11.5 Å². The minimum absolute atomic E-state index is 0.230. The van der Waals surface area contributed by atoms with E-state index in [9.17, 15) is 10.1 Å². The molecule has 146 valence electrons. The van der Waals surface area contributed by atoms with Crippen LogP contribution in [0, 0.1) is 20.8 Å². The highest BCUT2D eigenvalue weighted by Crippen LogP contribution is 2.34. The van der Waals surface area contributed by atoms with Gasteiger partial charge < -0.3 is 14.8 Å². The van der Waals surface area contributed by atoms with E-state index >= 15 is 0 Å². The zero-order chi connectivity index (χ0) is 20.7. The average molecular weight is 532 g/mol. The molecule has 0 heterocycles. The van der Waals surface area contributed by atoms with Crippen LogP contribution in [0.25, 0.3) is 0 Å². The highest BCUT2D eigenvalue weighted by Gasteiger charge is 2.18. The molecule has 1 atom stereocenters. The van der Waals surface area contributed by atoms with Crippen molar-refractivity contribution in [3.05, 3.63) is 43.9 Å². The number of amides is 1. The SMILES string of the molecule is CCOc1ccc(N=CC(C#N)C(=O)Nc2cc(OC)c(Cl)cc2Cl)cc1I. The molecule has 0 aliphatic heterocycles. The van der Waals surface area contributed by atoms with E-state index in [4.69, 9.17) is 32.7 Å². The summed E-state index contributed by atoms with van der Waals surface area (Å²) in [5, 5.41) is 12.5. The lowest BCUT2D eigenvalue weighted by Gasteiger charge is -2.11. The Morgan fingerprint density at radius 3 is 2.68 bits per heavy atom. The van der Waals surface area contributed by atoms with Crippen molar-refractivity contribution < 1.29 is 14.3 Å². The fourth-order valence-electron chi connectivity index (χ4n) is 2.15. The summed E-state index contributed by atoms with van der Waals surface area (Å²) in [6.07, 6.45) is 1.28. The molecule has 2 aromatic carbocycles. The number of carbonyl (C=O) groups is 1. The van der Waals surface area contributed by atoms with E-state index < -0.39 is 11.8 Å². The molecule has 0 saturated heterocycles. The molecule has 0 bridgehead atoms. The summed E-state index contributed by atoms with van der Waals surface area (Å²) in [4.78, 5) is 16.7. The maximum atomic E-state index is 12.4. The Morgan fingerprint density at radius 1 is 1.32 bits per heavy atom. The van der Waals surface area contributed by atoms with Crippen LogP contribution in [0.3, 0.4) is 0 Å². The topological polar surface area (TPSA) is 83.7 Å². The first kappa shape index (κ1) is 22.3. The van der Waals surface area contributed by atoms with Crippen molar-refractivity contribution in [1.29, 1.82) is 5.26 Å². The zero-order valence-corrected chi connectivity index (χ0v) is 18.7. The van der Waals surface area contributed by atoms with E-state index in [0.717, 1.165) is 9.32 Å². The largest absolute Gasteiger partial charge is 0.495 e. The number of ether oxygens (including phenoxy) is 2. The van der Waals surface area contributed by atoms with Gasteiger partial charge in [0.25, 0.3) is 0 Å². The van der Waals surface area contributed by atoms with Crippen LogP contribution in [-0.4, -0.2) is 25.8 Å². The zero-order valence-electron chi connectivity index (χ0n) is 15.0. The Labute approximate surface area is 186 Å². The summed E-state index contributed by atoms with van der Waals surface area (Å²) in [5.41, 5.74) is 0.893. The van der Waals surface area contributed by atoms with Crippen molar-refractivity contribution in [2.24, 2.45) is 10.9 Å². The minimum Gasteiger partial charge on any atom is -0.495 e. The fourth-order valence-corrected chi connectivity index (χ4v) is 3.32. The molecule has 0 aliphatic rings. The van der Waals surface area contributed by atoms with E-state index in [0.29, 0.717) is 23.1 Å². The van der Waals surface area contributed by atoms with Crippen LogP contribution in [0.4, 0.5) is 11.4 Å². The maximum absolute atomic E-state index is 12.4. The van der Waals surface area contributed by atoms with Gasteiger partial charge in [-0.25, -0.2) is 0 Å². The summed E-state index contributed by atoms with van der Waals surface area (Å²) >= 11 is 14.2. The Bertz CT molecular complexity index is 945. The number of benzene rings is 2. The van der Waals surface area contributed by atoms with Crippen LogP contribution in [0.15, 0.2) is 35.3 Å². The monoisotopic (exact) mass is 531 g/mol. The van der Waals surface area contributed by atoms with Gasteiger partial charge in [0.05, 0.1) is 44.8 Å². The van der Waals surface area contributed by atoms with Gasteiger partial charge in [-0.2, -0.15) is 5.26 Å². The van der Waals surface area contributed by atoms with Crippen LogP contribution in [0.1, 0.15) is 6.92 Å². The Morgan fingerprint density at radius 2 is 2.07 bits per heavy atom. The van der Waals surface area contributed by atoms with Crippen LogP contribution in [0.5, 0.6) is 11.5 Å². The number of nitrogens with one attached hydrogen (secondary N) is 1. The molecule has 6 nitrogen and oxygen atoms in total. The lowest BCUT2D eigenvalue weighted by Crippen LogP contribution is -2.22. The van der Waals surface area contributed by atoms with Gasteiger partial charge in [0, 0.05) is 12.3 Å². The first-order valence-corrected chi connectivity index (χ1v) is 9.93. The van der Waals surface area contributed by atoms with E-state index in [-0.39, 0.29) is 10.7 Å². The summed E-state index contributed by atoms with van der Waals surface area (Å²) in [5.74, 6) is -0.574. The fraction of sp³-hybridized carbons (Fsp3) is 0.211. The number of methoxy groups -OCH3 is 1. The predicted molar refractivity (Wildman–Crippen MR) is 119 cm³/mol. The van der Waals surface area contributed by atoms with E-state index in [1.807, 2.05) is 13.0 Å². The molecule has 28 heavy (non-hydrogen) atoms. The molecular weight excluding hydrogens is 516 g/mol. The summed E-state index contributed by atoms with van der Waals surface area (Å²) < 4.78 is 11.5. The first-order chi connectivity index (χ1) is 13.4. The highest BCUT2D eigenvalue weighted by molar-refractivity contribution is 14.1. The van der Waals surface area contributed by atoms with Crippen molar-refractivity contribution in [3.8, 4) is 17.6 Å². The predicted octanol–water partition coefficient (Wildman–Crippen LogP) is 5.49. The molecule has 0 aromatic heterocycles. The van der Waals surface area contributed by atoms with Gasteiger partial charge in [0.15, 0.2) is 5.92 Å². The lowest BCUT2D eigenvalue weighted by molar-refractivity contribution is -0.116. The second kappa shape index (κ2) is 10.5. The van der Waals surface area contributed by atoms with Crippen molar-refractivity contribution >= 4 is 69.3 Å². The first-order valence-electron chi connectivity index (χ1n) is 8.09. The summed E-state index contributed by atoms with van der Waals surface area (Å²) in [6.45, 7) is 2.47.